The molecule has 2 fully saturated rings. The summed E-state index contributed by atoms with van der Waals surface area (Å²) in [5, 5.41) is -5.92. The standard InChI is InChI=1S/C27H28F2O3S2/c28-27(29,34(30,31)32)26(25-19-20-16-17-21(25)18-20)33(22-10-4-1-5-11-22,23-12-6-2-7-13-23)24-14-8-3-9-15-24/h1-15,20-21,25-26H,16-19H2,(H,30,31,32). The maximum atomic E-state index is 16.3. The van der Waals surface area contributed by atoms with Crippen LogP contribution in [0.5, 0.6) is 0 Å². The number of halogens is 2. The maximum Gasteiger partial charge on any atom is 0.381 e. The van der Waals surface area contributed by atoms with Gasteiger partial charge in [-0.2, -0.15) is 27.2 Å². The lowest BCUT2D eigenvalue weighted by molar-refractivity contribution is 0.0485. The third kappa shape index (κ3) is 3.69. The molecule has 4 unspecified atom stereocenters. The van der Waals surface area contributed by atoms with Crippen molar-refractivity contribution in [2.24, 2.45) is 17.8 Å². The third-order valence-corrected chi connectivity index (χ3v) is 13.1. The van der Waals surface area contributed by atoms with Crippen LogP contribution in [0.3, 0.4) is 0 Å². The van der Waals surface area contributed by atoms with E-state index >= 15 is 8.78 Å². The van der Waals surface area contributed by atoms with Gasteiger partial charge in [-0.3, -0.25) is 4.55 Å². The molecule has 1 N–H and O–H groups in total. The number of hydrogen-bond donors (Lipinski definition) is 1. The van der Waals surface area contributed by atoms with Crippen LogP contribution < -0.4 is 0 Å². The molecule has 3 aromatic carbocycles. The normalized spacial score (nSPS) is 24.1. The van der Waals surface area contributed by atoms with Gasteiger partial charge in [0.05, 0.1) is 5.25 Å². The first-order chi connectivity index (χ1) is 16.3. The van der Waals surface area contributed by atoms with E-state index in [9.17, 15) is 13.0 Å². The molecule has 180 valence electrons. The minimum absolute atomic E-state index is 0.0191. The minimum atomic E-state index is -5.68. The molecule has 5 rings (SSSR count). The molecule has 0 saturated heterocycles. The van der Waals surface area contributed by atoms with Crippen LogP contribution in [-0.2, 0) is 10.1 Å². The summed E-state index contributed by atoms with van der Waals surface area (Å²) in [6.45, 7) is 0. The number of benzene rings is 3. The second kappa shape index (κ2) is 8.77. The second-order valence-electron chi connectivity index (χ2n) is 9.40. The first-order valence-corrected chi connectivity index (χ1v) is 14.7. The van der Waals surface area contributed by atoms with Crippen LogP contribution in [0.15, 0.2) is 106 Å². The van der Waals surface area contributed by atoms with E-state index in [4.69, 9.17) is 0 Å². The van der Waals surface area contributed by atoms with Gasteiger partial charge in [-0.15, -0.1) is 0 Å². The number of fused-ring (bicyclic) bond motifs is 2. The third-order valence-electron chi connectivity index (χ3n) is 7.58. The van der Waals surface area contributed by atoms with Gasteiger partial charge < -0.3 is 0 Å². The van der Waals surface area contributed by atoms with Crippen molar-refractivity contribution in [1.82, 2.24) is 0 Å². The fourth-order valence-corrected chi connectivity index (χ4v) is 12.3. The summed E-state index contributed by atoms with van der Waals surface area (Å²) in [4.78, 5) is 2.01. The van der Waals surface area contributed by atoms with E-state index in [0.29, 0.717) is 27.0 Å². The van der Waals surface area contributed by atoms with Crippen molar-refractivity contribution in [3.8, 4) is 0 Å². The van der Waals surface area contributed by atoms with Crippen molar-refractivity contribution in [3.63, 3.8) is 0 Å². The SMILES string of the molecule is O=S(=O)(O)C(F)(F)C(C1CC2CCC1C2)S(c1ccccc1)(c1ccccc1)c1ccccc1. The first kappa shape index (κ1) is 23.5. The van der Waals surface area contributed by atoms with E-state index in [1.165, 1.54) is 0 Å². The van der Waals surface area contributed by atoms with Crippen LogP contribution >= 0.6 is 10.0 Å². The molecule has 7 heteroatoms. The molecule has 2 aliphatic carbocycles. The molecule has 0 radical (unpaired) electrons. The van der Waals surface area contributed by atoms with Gasteiger partial charge in [-0.1, -0.05) is 61.0 Å². The molecule has 0 heterocycles. The Balaban J connectivity index is 1.90. The molecule has 3 aromatic rings. The molecular weight excluding hydrogens is 474 g/mol. The lowest BCUT2D eigenvalue weighted by atomic mass is 9.86. The Morgan fingerprint density at radius 2 is 1.18 bits per heavy atom. The van der Waals surface area contributed by atoms with Crippen molar-refractivity contribution < 1.29 is 21.8 Å². The summed E-state index contributed by atoms with van der Waals surface area (Å²) in [5.74, 6) is -0.175. The van der Waals surface area contributed by atoms with Crippen LogP contribution in [-0.4, -0.2) is 23.5 Å². The summed E-state index contributed by atoms with van der Waals surface area (Å²) in [6, 6.07) is 27.3. The smallest absolute Gasteiger partial charge is 0.281 e. The van der Waals surface area contributed by atoms with E-state index in [2.05, 4.69) is 0 Å². The van der Waals surface area contributed by atoms with Gasteiger partial charge in [0.1, 0.15) is 0 Å². The Morgan fingerprint density at radius 1 is 0.735 bits per heavy atom. The van der Waals surface area contributed by atoms with Crippen molar-refractivity contribution in [1.29, 1.82) is 0 Å². The molecule has 0 spiro atoms. The van der Waals surface area contributed by atoms with Gasteiger partial charge in [0.25, 0.3) is 0 Å². The zero-order valence-electron chi connectivity index (χ0n) is 18.6. The van der Waals surface area contributed by atoms with Gasteiger partial charge in [0.15, 0.2) is 0 Å². The summed E-state index contributed by atoms with van der Waals surface area (Å²) in [7, 11) is -8.48. The highest BCUT2D eigenvalue weighted by Gasteiger charge is 2.65. The van der Waals surface area contributed by atoms with E-state index in [1.807, 2.05) is 91.0 Å². The Hall–Kier alpha value is -2.22. The molecule has 0 amide bonds. The van der Waals surface area contributed by atoms with Crippen LogP contribution in [0.4, 0.5) is 8.78 Å². The molecule has 0 aromatic heterocycles. The molecule has 34 heavy (non-hydrogen) atoms. The molecule has 2 saturated carbocycles. The van der Waals surface area contributed by atoms with E-state index in [0.717, 1.165) is 19.3 Å². The van der Waals surface area contributed by atoms with Crippen LogP contribution in [0.25, 0.3) is 0 Å². The van der Waals surface area contributed by atoms with Crippen molar-refractivity contribution in [2.75, 3.05) is 0 Å². The number of hydrogen-bond acceptors (Lipinski definition) is 2. The van der Waals surface area contributed by atoms with Crippen LogP contribution in [0, 0.1) is 17.8 Å². The highest BCUT2D eigenvalue weighted by Crippen LogP contribution is 2.77. The van der Waals surface area contributed by atoms with E-state index in [1.54, 1.807) is 0 Å². The average Bonchev–Trinajstić information content (AvgIpc) is 3.47. The molecule has 4 atom stereocenters. The molecular formula is C27H28F2O3S2. The molecule has 3 nitrogen and oxygen atoms in total. The van der Waals surface area contributed by atoms with Crippen molar-refractivity contribution >= 4 is 20.1 Å². The summed E-state index contributed by atoms with van der Waals surface area (Å²) in [5.41, 5.74) is 0. The quantitative estimate of drug-likeness (QED) is 0.346. The zero-order valence-corrected chi connectivity index (χ0v) is 20.3. The molecule has 0 aliphatic heterocycles. The minimum Gasteiger partial charge on any atom is -0.281 e. The first-order valence-electron chi connectivity index (χ1n) is 11.6. The Morgan fingerprint density at radius 3 is 1.50 bits per heavy atom. The topological polar surface area (TPSA) is 54.4 Å². The van der Waals surface area contributed by atoms with Gasteiger partial charge in [0.2, 0.25) is 0 Å². The number of alkyl halides is 2. The van der Waals surface area contributed by atoms with Crippen molar-refractivity contribution in [3.05, 3.63) is 91.0 Å². The monoisotopic (exact) mass is 502 g/mol. The lowest BCUT2D eigenvalue weighted by Crippen LogP contribution is -2.49. The largest absolute Gasteiger partial charge is 0.381 e. The summed E-state index contributed by atoms with van der Waals surface area (Å²) in [6.07, 6.45) is 3.22. The maximum absolute atomic E-state index is 16.3. The number of rotatable bonds is 7. The zero-order chi connectivity index (χ0) is 24.0. The van der Waals surface area contributed by atoms with Gasteiger partial charge >= 0.3 is 15.4 Å². The molecule has 2 bridgehead atoms. The summed E-state index contributed by atoms with van der Waals surface area (Å²) < 4.78 is 67.4. The van der Waals surface area contributed by atoms with Crippen LogP contribution in [0.2, 0.25) is 0 Å². The van der Waals surface area contributed by atoms with Crippen LogP contribution in [0.1, 0.15) is 25.7 Å². The Bertz CT molecular complexity index is 1140. The van der Waals surface area contributed by atoms with Gasteiger partial charge in [-0.25, -0.2) is 0 Å². The van der Waals surface area contributed by atoms with E-state index < -0.39 is 36.6 Å². The van der Waals surface area contributed by atoms with Gasteiger partial charge in [-0.05, 0) is 88.1 Å². The average molecular weight is 503 g/mol. The fourth-order valence-electron chi connectivity index (χ4n) is 6.28. The Kier molecular flexibility index (Phi) is 6.07. The fraction of sp³-hybridized carbons (Fsp3) is 0.333. The van der Waals surface area contributed by atoms with Crippen molar-refractivity contribution in [2.45, 2.75) is 50.9 Å². The highest BCUT2D eigenvalue weighted by molar-refractivity contribution is 8.34. The predicted molar refractivity (Wildman–Crippen MR) is 131 cm³/mol. The van der Waals surface area contributed by atoms with E-state index in [-0.39, 0.29) is 5.92 Å². The Labute approximate surface area is 201 Å². The van der Waals surface area contributed by atoms with Gasteiger partial charge in [0, 0.05) is 0 Å². The highest BCUT2D eigenvalue weighted by atomic mass is 32.3. The lowest BCUT2D eigenvalue weighted by Gasteiger charge is -2.52. The second-order valence-corrected chi connectivity index (χ2v) is 14.1. The summed E-state index contributed by atoms with van der Waals surface area (Å²) >= 11 is 0. The molecule has 2 aliphatic rings. The predicted octanol–water partition coefficient (Wildman–Crippen LogP) is 7.25.